The first kappa shape index (κ1) is 19.1. The summed E-state index contributed by atoms with van der Waals surface area (Å²) in [6.45, 7) is 0.946. The molecule has 0 saturated carbocycles. The number of ether oxygens (including phenoxy) is 1. The molecule has 0 amide bonds. The van der Waals surface area contributed by atoms with Crippen LogP contribution in [0.2, 0.25) is 0 Å². The summed E-state index contributed by atoms with van der Waals surface area (Å²) in [4.78, 5) is 0. The van der Waals surface area contributed by atoms with Crippen LogP contribution < -0.4 is 4.74 Å². The smallest absolute Gasteiger partial charge is 0.228 e. The maximum Gasteiger partial charge on any atom is 0.228 e. The van der Waals surface area contributed by atoms with Crippen molar-refractivity contribution in [2.45, 2.75) is 26.2 Å². The van der Waals surface area contributed by atoms with E-state index in [1.807, 2.05) is 0 Å². The van der Waals surface area contributed by atoms with E-state index in [2.05, 4.69) is 11.7 Å². The van der Waals surface area contributed by atoms with Gasteiger partial charge in [0.2, 0.25) is 6.86 Å². The SMILES string of the molecule is CCCCSCCc1cc(F)c(OCF)cc1F.CF. The molecule has 0 spiro atoms. The van der Waals surface area contributed by atoms with Gasteiger partial charge in [-0.2, -0.15) is 11.8 Å². The standard InChI is InChI=1S/C13H17F3OS.CH3F/c1-2-3-5-18-6-4-10-7-12(16)13(17-9-14)8-11(10)15;1-2/h7-8H,2-6,9H2,1H3;1H3. The van der Waals surface area contributed by atoms with Gasteiger partial charge in [0.15, 0.2) is 11.6 Å². The van der Waals surface area contributed by atoms with Gasteiger partial charge in [-0.15, -0.1) is 0 Å². The number of halogens is 4. The molecule has 0 saturated heterocycles. The van der Waals surface area contributed by atoms with Crippen molar-refractivity contribution in [3.8, 4) is 5.75 Å². The minimum Gasteiger partial charge on any atom is -0.460 e. The van der Waals surface area contributed by atoms with Crippen molar-refractivity contribution in [3.63, 3.8) is 0 Å². The Morgan fingerprint density at radius 2 is 1.80 bits per heavy atom. The minimum atomic E-state index is -1.16. The summed E-state index contributed by atoms with van der Waals surface area (Å²) in [7, 11) is 0.500. The molecule has 0 aromatic heterocycles. The van der Waals surface area contributed by atoms with Crippen molar-refractivity contribution in [1.82, 2.24) is 0 Å². The molecule has 1 nitrogen and oxygen atoms in total. The van der Waals surface area contributed by atoms with Crippen LogP contribution in [-0.2, 0) is 6.42 Å². The van der Waals surface area contributed by atoms with Gasteiger partial charge in [0, 0.05) is 6.07 Å². The summed E-state index contributed by atoms with van der Waals surface area (Å²) in [5.41, 5.74) is 0.308. The molecule has 0 fully saturated rings. The quantitative estimate of drug-likeness (QED) is 0.497. The normalized spacial score (nSPS) is 9.90. The summed E-state index contributed by atoms with van der Waals surface area (Å²) in [6, 6.07) is 1.99. The van der Waals surface area contributed by atoms with E-state index in [0.29, 0.717) is 19.2 Å². The number of aryl methyl sites for hydroxylation is 1. The van der Waals surface area contributed by atoms with Crippen molar-refractivity contribution in [2.24, 2.45) is 0 Å². The van der Waals surface area contributed by atoms with E-state index in [9.17, 15) is 17.6 Å². The van der Waals surface area contributed by atoms with E-state index >= 15 is 0 Å². The van der Waals surface area contributed by atoms with Crippen LogP contribution in [0.15, 0.2) is 12.1 Å². The summed E-state index contributed by atoms with van der Waals surface area (Å²) in [6.07, 6.45) is 2.73. The summed E-state index contributed by atoms with van der Waals surface area (Å²) < 4.78 is 52.7. The Balaban J connectivity index is 0.00000172. The number of alkyl halides is 2. The molecule has 0 N–H and O–H groups in total. The molecule has 0 unspecified atom stereocenters. The Bertz CT molecular complexity index is 374. The third-order valence-corrected chi connectivity index (χ3v) is 3.54. The van der Waals surface area contributed by atoms with E-state index < -0.39 is 18.5 Å². The van der Waals surface area contributed by atoms with Crippen molar-refractivity contribution < 1.29 is 22.3 Å². The second-order valence-corrected chi connectivity index (χ2v) is 5.07. The molecule has 116 valence electrons. The fraction of sp³-hybridized carbons (Fsp3) is 0.571. The van der Waals surface area contributed by atoms with Crippen molar-refractivity contribution in [2.75, 3.05) is 25.5 Å². The van der Waals surface area contributed by atoms with Crippen LogP contribution >= 0.6 is 11.8 Å². The second kappa shape index (κ2) is 11.9. The van der Waals surface area contributed by atoms with Crippen molar-refractivity contribution in [1.29, 1.82) is 0 Å². The molecule has 1 aromatic rings. The second-order valence-electron chi connectivity index (χ2n) is 3.84. The van der Waals surface area contributed by atoms with Crippen LogP contribution in [0.3, 0.4) is 0 Å². The molecule has 1 rings (SSSR count). The third-order valence-electron chi connectivity index (χ3n) is 2.47. The van der Waals surface area contributed by atoms with Crippen LogP contribution in [-0.4, -0.2) is 25.5 Å². The number of hydrogen-bond donors (Lipinski definition) is 0. The Kier molecular flexibility index (Phi) is 11.3. The Morgan fingerprint density at radius 3 is 2.40 bits per heavy atom. The summed E-state index contributed by atoms with van der Waals surface area (Å²) >= 11 is 1.72. The monoisotopic (exact) mass is 312 g/mol. The zero-order chi connectivity index (χ0) is 15.4. The van der Waals surface area contributed by atoms with E-state index in [1.54, 1.807) is 11.8 Å². The molecule has 0 aliphatic rings. The van der Waals surface area contributed by atoms with Gasteiger partial charge in [-0.05, 0) is 36.0 Å². The minimum absolute atomic E-state index is 0.308. The lowest BCUT2D eigenvalue weighted by molar-refractivity contribution is 0.183. The predicted molar refractivity (Wildman–Crippen MR) is 75.9 cm³/mol. The van der Waals surface area contributed by atoms with Gasteiger partial charge in [0.1, 0.15) is 5.82 Å². The zero-order valence-corrected chi connectivity index (χ0v) is 12.5. The number of thioether (sulfide) groups is 1. The fourth-order valence-electron chi connectivity index (χ4n) is 1.46. The molecule has 1 aromatic carbocycles. The van der Waals surface area contributed by atoms with Crippen molar-refractivity contribution in [3.05, 3.63) is 29.3 Å². The molecule has 0 atom stereocenters. The van der Waals surface area contributed by atoms with E-state index in [-0.39, 0.29) is 5.75 Å². The first-order chi connectivity index (χ1) is 9.69. The zero-order valence-electron chi connectivity index (χ0n) is 11.7. The van der Waals surface area contributed by atoms with Crippen LogP contribution in [0, 0.1) is 11.6 Å². The van der Waals surface area contributed by atoms with Crippen LogP contribution in [0.25, 0.3) is 0 Å². The molecule has 20 heavy (non-hydrogen) atoms. The Hall–Kier alpha value is -0.910. The van der Waals surface area contributed by atoms with Gasteiger partial charge < -0.3 is 4.74 Å². The van der Waals surface area contributed by atoms with E-state index in [1.165, 1.54) is 0 Å². The first-order valence-electron chi connectivity index (χ1n) is 6.31. The molecule has 0 heterocycles. The highest BCUT2D eigenvalue weighted by Gasteiger charge is 2.10. The van der Waals surface area contributed by atoms with Gasteiger partial charge >= 0.3 is 0 Å². The first-order valence-corrected chi connectivity index (χ1v) is 7.46. The van der Waals surface area contributed by atoms with Crippen LogP contribution in [0.1, 0.15) is 25.3 Å². The highest BCUT2D eigenvalue weighted by Crippen LogP contribution is 2.23. The topological polar surface area (TPSA) is 9.23 Å². The van der Waals surface area contributed by atoms with Gasteiger partial charge in [-0.3, -0.25) is 4.39 Å². The van der Waals surface area contributed by atoms with E-state index in [0.717, 1.165) is 36.5 Å². The van der Waals surface area contributed by atoms with Gasteiger partial charge in [-0.25, -0.2) is 13.2 Å². The summed E-state index contributed by atoms with van der Waals surface area (Å²) in [5.74, 6) is 0.138. The lowest BCUT2D eigenvalue weighted by atomic mass is 10.1. The highest BCUT2D eigenvalue weighted by atomic mass is 32.2. The molecule has 6 heteroatoms. The lowest BCUT2D eigenvalue weighted by Gasteiger charge is -2.07. The molecule has 0 aliphatic carbocycles. The van der Waals surface area contributed by atoms with Crippen molar-refractivity contribution >= 4 is 11.8 Å². The average Bonchev–Trinajstić information content (AvgIpc) is 2.46. The molecular formula is C14H20F4OS. The molecule has 0 radical (unpaired) electrons. The maximum absolute atomic E-state index is 13.6. The average molecular weight is 312 g/mol. The maximum atomic E-state index is 13.6. The fourth-order valence-corrected chi connectivity index (χ4v) is 2.52. The predicted octanol–water partition coefficient (Wildman–Crippen LogP) is 4.93. The van der Waals surface area contributed by atoms with Gasteiger partial charge in [-0.1, -0.05) is 13.3 Å². The summed E-state index contributed by atoms with van der Waals surface area (Å²) in [5, 5.41) is 0. The third kappa shape index (κ3) is 7.03. The molecule has 0 aliphatic heterocycles. The van der Waals surface area contributed by atoms with Crippen LogP contribution in [0.5, 0.6) is 5.75 Å². The van der Waals surface area contributed by atoms with Crippen LogP contribution in [0.4, 0.5) is 17.6 Å². The molecule has 0 bridgehead atoms. The van der Waals surface area contributed by atoms with Gasteiger partial charge in [0.25, 0.3) is 0 Å². The highest BCUT2D eigenvalue weighted by molar-refractivity contribution is 7.99. The lowest BCUT2D eigenvalue weighted by Crippen LogP contribution is -2.00. The number of rotatable bonds is 8. The molecular weight excluding hydrogens is 292 g/mol. The Labute approximate surface area is 121 Å². The largest absolute Gasteiger partial charge is 0.460 e. The van der Waals surface area contributed by atoms with E-state index in [4.69, 9.17) is 0 Å². The number of benzene rings is 1. The Morgan fingerprint density at radius 1 is 1.10 bits per heavy atom. The van der Waals surface area contributed by atoms with Gasteiger partial charge in [0.05, 0.1) is 7.18 Å². The number of unbranched alkanes of at least 4 members (excludes halogenated alkanes) is 1. The number of hydrogen-bond acceptors (Lipinski definition) is 2.